The second kappa shape index (κ2) is 5.82. The summed E-state index contributed by atoms with van der Waals surface area (Å²) in [5, 5.41) is 21.5. The van der Waals surface area contributed by atoms with Crippen LogP contribution in [0.3, 0.4) is 0 Å². The summed E-state index contributed by atoms with van der Waals surface area (Å²) in [5.74, 6) is -3.18. The van der Waals surface area contributed by atoms with Crippen LogP contribution in [0.15, 0.2) is 12.3 Å². The van der Waals surface area contributed by atoms with Crippen LogP contribution >= 0.6 is 0 Å². The molecule has 1 heterocycles. The number of hydrogen-bond donors (Lipinski definition) is 3. The van der Waals surface area contributed by atoms with Crippen molar-refractivity contribution in [2.24, 2.45) is 12.8 Å². The lowest BCUT2D eigenvalue weighted by Gasteiger charge is -2.12. The number of nitrogens with one attached hydrogen (secondary N) is 1. The maximum absolute atomic E-state index is 11.8. The predicted molar refractivity (Wildman–Crippen MR) is 64.8 cm³/mol. The molecule has 0 saturated carbocycles. The van der Waals surface area contributed by atoms with Gasteiger partial charge in [-0.05, 0) is 0 Å². The number of primary amides is 1. The van der Waals surface area contributed by atoms with Crippen molar-refractivity contribution in [2.75, 3.05) is 0 Å². The molecule has 0 spiro atoms. The summed E-state index contributed by atoms with van der Waals surface area (Å²) in [6.45, 7) is 0. The van der Waals surface area contributed by atoms with E-state index >= 15 is 0 Å². The SMILES string of the molecule is Cn1cc([N+](=O)[O-])cc1C(=O)NC(CC(N)=O)C(=O)O. The van der Waals surface area contributed by atoms with Crippen LogP contribution in [-0.4, -0.2) is 38.4 Å². The molecule has 1 aromatic heterocycles. The summed E-state index contributed by atoms with van der Waals surface area (Å²) >= 11 is 0. The predicted octanol–water partition coefficient (Wildman–Crippen LogP) is -1.01. The van der Waals surface area contributed by atoms with E-state index in [9.17, 15) is 24.5 Å². The van der Waals surface area contributed by atoms with E-state index in [1.54, 1.807) is 0 Å². The molecule has 2 amide bonds. The van der Waals surface area contributed by atoms with Crippen LogP contribution in [0.4, 0.5) is 5.69 Å². The molecule has 1 aromatic rings. The number of aliphatic carboxylic acids is 1. The third kappa shape index (κ3) is 3.54. The van der Waals surface area contributed by atoms with Crippen molar-refractivity contribution < 1.29 is 24.4 Å². The highest BCUT2D eigenvalue weighted by Gasteiger charge is 2.25. The Balaban J connectivity index is 2.91. The zero-order valence-electron chi connectivity index (χ0n) is 10.4. The molecule has 0 fully saturated rings. The molecule has 20 heavy (non-hydrogen) atoms. The van der Waals surface area contributed by atoms with Gasteiger partial charge in [0.2, 0.25) is 5.91 Å². The van der Waals surface area contributed by atoms with Gasteiger partial charge < -0.3 is 20.7 Å². The first-order chi connectivity index (χ1) is 9.22. The van der Waals surface area contributed by atoms with Crippen molar-refractivity contribution in [1.82, 2.24) is 9.88 Å². The van der Waals surface area contributed by atoms with Crippen LogP contribution in [0.1, 0.15) is 16.9 Å². The lowest BCUT2D eigenvalue weighted by Crippen LogP contribution is -2.43. The standard InChI is InChI=1S/C10H12N4O6/c1-13-4-5(14(19)20)2-7(13)9(16)12-6(10(17)18)3-8(11)15/h2,4,6H,3H2,1H3,(H2,11,15)(H,12,16)(H,17,18). The van der Waals surface area contributed by atoms with Gasteiger partial charge in [-0.2, -0.15) is 0 Å². The minimum absolute atomic E-state index is 0.104. The third-order valence-corrected chi connectivity index (χ3v) is 2.44. The van der Waals surface area contributed by atoms with E-state index in [4.69, 9.17) is 10.8 Å². The highest BCUT2D eigenvalue weighted by molar-refractivity contribution is 5.97. The average Bonchev–Trinajstić information content (AvgIpc) is 2.69. The van der Waals surface area contributed by atoms with E-state index in [-0.39, 0.29) is 11.4 Å². The number of carboxylic acids is 1. The fourth-order valence-corrected chi connectivity index (χ4v) is 1.51. The summed E-state index contributed by atoms with van der Waals surface area (Å²) in [6, 6.07) is -0.493. The van der Waals surface area contributed by atoms with Gasteiger partial charge >= 0.3 is 5.97 Å². The molecule has 0 aliphatic heterocycles. The number of carbonyl (C=O) groups is 3. The van der Waals surface area contributed by atoms with Crippen LogP contribution in [0, 0.1) is 10.1 Å². The quantitative estimate of drug-likeness (QED) is 0.448. The number of carbonyl (C=O) groups excluding carboxylic acids is 2. The van der Waals surface area contributed by atoms with Gasteiger partial charge in [0.1, 0.15) is 11.7 Å². The van der Waals surface area contributed by atoms with Crippen molar-refractivity contribution >= 4 is 23.5 Å². The van der Waals surface area contributed by atoms with E-state index in [1.165, 1.54) is 11.6 Å². The smallest absolute Gasteiger partial charge is 0.326 e. The topological polar surface area (TPSA) is 158 Å². The third-order valence-electron chi connectivity index (χ3n) is 2.44. The molecule has 0 bridgehead atoms. The van der Waals surface area contributed by atoms with E-state index in [0.29, 0.717) is 0 Å². The number of carboxylic acid groups (broad SMARTS) is 1. The van der Waals surface area contributed by atoms with Crippen molar-refractivity contribution in [3.63, 3.8) is 0 Å². The minimum Gasteiger partial charge on any atom is -0.480 e. The molecule has 0 aliphatic carbocycles. The van der Waals surface area contributed by atoms with Gasteiger partial charge in [0, 0.05) is 13.1 Å². The Labute approximate surface area is 112 Å². The van der Waals surface area contributed by atoms with Gasteiger partial charge in [-0.25, -0.2) is 4.79 Å². The highest BCUT2D eigenvalue weighted by atomic mass is 16.6. The molecule has 0 radical (unpaired) electrons. The largest absolute Gasteiger partial charge is 0.480 e. The lowest BCUT2D eigenvalue weighted by atomic mass is 10.2. The van der Waals surface area contributed by atoms with Crippen molar-refractivity contribution in [2.45, 2.75) is 12.5 Å². The highest BCUT2D eigenvalue weighted by Crippen LogP contribution is 2.15. The maximum atomic E-state index is 11.8. The molecule has 108 valence electrons. The molecule has 10 heteroatoms. The van der Waals surface area contributed by atoms with Gasteiger partial charge in [0.25, 0.3) is 11.6 Å². The molecule has 1 rings (SSSR count). The Kier molecular flexibility index (Phi) is 4.41. The van der Waals surface area contributed by atoms with Crippen LogP contribution in [-0.2, 0) is 16.6 Å². The molecule has 0 aliphatic rings. The minimum atomic E-state index is -1.49. The fourth-order valence-electron chi connectivity index (χ4n) is 1.51. The molecule has 0 aromatic carbocycles. The summed E-state index contributed by atoms with van der Waals surface area (Å²) in [6.07, 6.45) is 0.534. The number of nitrogens with two attached hydrogens (primary N) is 1. The van der Waals surface area contributed by atoms with Crippen LogP contribution in [0.2, 0.25) is 0 Å². The normalized spacial score (nSPS) is 11.7. The second-order valence-electron chi connectivity index (χ2n) is 3.99. The first kappa shape index (κ1) is 15.1. The number of hydrogen-bond acceptors (Lipinski definition) is 5. The first-order valence-electron chi connectivity index (χ1n) is 5.35. The first-order valence-corrected chi connectivity index (χ1v) is 5.35. The van der Waals surface area contributed by atoms with Crippen LogP contribution in [0.25, 0.3) is 0 Å². The van der Waals surface area contributed by atoms with Gasteiger partial charge in [0.15, 0.2) is 0 Å². The van der Waals surface area contributed by atoms with E-state index in [0.717, 1.165) is 12.3 Å². The molecular weight excluding hydrogens is 272 g/mol. The van der Waals surface area contributed by atoms with Crippen molar-refractivity contribution in [1.29, 1.82) is 0 Å². The summed E-state index contributed by atoms with van der Waals surface area (Å²) < 4.78 is 1.18. The van der Waals surface area contributed by atoms with Gasteiger partial charge in [0.05, 0.1) is 17.5 Å². The fraction of sp³-hybridized carbons (Fsp3) is 0.300. The summed E-state index contributed by atoms with van der Waals surface area (Å²) in [5.41, 5.74) is 4.46. The maximum Gasteiger partial charge on any atom is 0.326 e. The number of rotatable bonds is 6. The Hall–Kier alpha value is -2.91. The Morgan fingerprint density at radius 1 is 1.55 bits per heavy atom. The van der Waals surface area contributed by atoms with Crippen molar-refractivity contribution in [3.8, 4) is 0 Å². The Morgan fingerprint density at radius 2 is 2.15 bits per heavy atom. The molecular formula is C10H12N4O6. The molecule has 10 nitrogen and oxygen atoms in total. The van der Waals surface area contributed by atoms with Gasteiger partial charge in [-0.1, -0.05) is 0 Å². The summed E-state index contributed by atoms with van der Waals surface area (Å²) in [4.78, 5) is 43.3. The molecule has 1 atom stereocenters. The number of nitro groups is 1. The average molecular weight is 284 g/mol. The monoisotopic (exact) mass is 284 g/mol. The zero-order chi connectivity index (χ0) is 15.4. The van der Waals surface area contributed by atoms with Crippen LogP contribution < -0.4 is 11.1 Å². The molecule has 0 saturated heterocycles. The number of amides is 2. The Bertz CT molecular complexity index is 578. The van der Waals surface area contributed by atoms with Gasteiger partial charge in [-0.15, -0.1) is 0 Å². The zero-order valence-corrected chi connectivity index (χ0v) is 10.4. The molecule has 1 unspecified atom stereocenters. The van der Waals surface area contributed by atoms with E-state index < -0.39 is 35.2 Å². The van der Waals surface area contributed by atoms with Gasteiger partial charge in [-0.3, -0.25) is 19.7 Å². The number of nitrogens with zero attached hydrogens (tertiary/aromatic N) is 2. The van der Waals surface area contributed by atoms with E-state index in [1.807, 2.05) is 0 Å². The summed E-state index contributed by atoms with van der Waals surface area (Å²) in [7, 11) is 1.39. The lowest BCUT2D eigenvalue weighted by molar-refractivity contribution is -0.384. The van der Waals surface area contributed by atoms with Crippen LogP contribution in [0.5, 0.6) is 0 Å². The van der Waals surface area contributed by atoms with E-state index in [2.05, 4.69) is 5.32 Å². The number of aromatic nitrogens is 1. The Morgan fingerprint density at radius 3 is 2.55 bits per heavy atom. The number of aryl methyl sites for hydroxylation is 1. The van der Waals surface area contributed by atoms with Crippen molar-refractivity contribution in [3.05, 3.63) is 28.1 Å². The second-order valence-corrected chi connectivity index (χ2v) is 3.99. The molecule has 4 N–H and O–H groups in total.